The molecule has 0 radical (unpaired) electrons. The second kappa shape index (κ2) is 9.58. The van der Waals surface area contributed by atoms with Crippen molar-refractivity contribution in [2.75, 3.05) is 26.2 Å². The largest absolute Gasteiger partial charge is 0.444 e. The molecule has 1 heterocycles. The van der Waals surface area contributed by atoms with E-state index in [2.05, 4.69) is 50.4 Å². The zero-order valence-corrected chi connectivity index (χ0v) is 17.3. The minimum absolute atomic E-state index is 0.306. The molecule has 1 aliphatic heterocycles. The number of alkyl carbamates (subject to hydrolysis) is 1. The van der Waals surface area contributed by atoms with E-state index in [1.807, 2.05) is 20.8 Å². The molecule has 1 aliphatic rings. The Hall–Kier alpha value is -1.07. The number of rotatable bonds is 6. The third-order valence-electron chi connectivity index (χ3n) is 4.39. The van der Waals surface area contributed by atoms with Crippen molar-refractivity contribution >= 4 is 22.0 Å². The lowest BCUT2D eigenvalue weighted by Gasteiger charge is -2.33. The van der Waals surface area contributed by atoms with E-state index in [1.165, 1.54) is 31.4 Å². The highest BCUT2D eigenvalue weighted by Gasteiger charge is 2.21. The number of carbonyl (C=O) groups excluding carboxylic acids is 1. The third kappa shape index (κ3) is 8.23. The maximum atomic E-state index is 11.8. The topological polar surface area (TPSA) is 41.6 Å². The van der Waals surface area contributed by atoms with Crippen molar-refractivity contribution in [1.82, 2.24) is 10.2 Å². The van der Waals surface area contributed by atoms with Crippen molar-refractivity contribution in [3.8, 4) is 0 Å². The maximum Gasteiger partial charge on any atom is 0.407 e. The molecular weight excluding hydrogens is 380 g/mol. The van der Waals surface area contributed by atoms with Crippen molar-refractivity contribution < 1.29 is 9.53 Å². The van der Waals surface area contributed by atoms with Crippen molar-refractivity contribution in [2.45, 2.75) is 52.1 Å². The first kappa shape index (κ1) is 20.2. The summed E-state index contributed by atoms with van der Waals surface area (Å²) in [6.45, 7) is 9.73. The smallest absolute Gasteiger partial charge is 0.407 e. The number of halogens is 1. The Bertz CT molecular complexity index is 540. The standard InChI is InChI=1S/C20H31BrN2O2/c1-20(2,3)25-19(24)22-14-17-7-5-13-23(15-17)12-4-6-16-8-10-18(21)11-9-16/h8-11,17H,4-7,12-15H2,1-3H3,(H,22,24). The van der Waals surface area contributed by atoms with Crippen molar-refractivity contribution in [1.29, 1.82) is 0 Å². The Morgan fingerprint density at radius 3 is 2.72 bits per heavy atom. The van der Waals surface area contributed by atoms with E-state index in [9.17, 15) is 4.79 Å². The van der Waals surface area contributed by atoms with E-state index in [0.717, 1.165) is 24.0 Å². The van der Waals surface area contributed by atoms with Gasteiger partial charge in [-0.15, -0.1) is 0 Å². The SMILES string of the molecule is CC(C)(C)OC(=O)NCC1CCCN(CCCc2ccc(Br)cc2)C1. The summed E-state index contributed by atoms with van der Waals surface area (Å²) < 4.78 is 6.44. The summed E-state index contributed by atoms with van der Waals surface area (Å²) in [4.78, 5) is 14.3. The van der Waals surface area contributed by atoms with Crippen LogP contribution < -0.4 is 5.32 Å². The molecule has 1 atom stereocenters. The molecule has 1 aromatic carbocycles. The first-order valence-electron chi connectivity index (χ1n) is 9.25. The molecule has 0 aliphatic carbocycles. The van der Waals surface area contributed by atoms with Gasteiger partial charge in [-0.2, -0.15) is 0 Å². The van der Waals surface area contributed by atoms with Gasteiger partial charge >= 0.3 is 6.09 Å². The number of likely N-dealkylation sites (tertiary alicyclic amines) is 1. The lowest BCUT2D eigenvalue weighted by atomic mass is 9.97. The van der Waals surface area contributed by atoms with Gasteiger partial charge in [-0.25, -0.2) is 4.79 Å². The molecular formula is C20H31BrN2O2. The van der Waals surface area contributed by atoms with Gasteiger partial charge in [-0.05, 0) is 83.2 Å². The third-order valence-corrected chi connectivity index (χ3v) is 4.92. The highest BCUT2D eigenvalue weighted by atomic mass is 79.9. The molecule has 4 nitrogen and oxygen atoms in total. The molecule has 0 saturated carbocycles. The van der Waals surface area contributed by atoms with Crippen LogP contribution in [0.5, 0.6) is 0 Å². The van der Waals surface area contributed by atoms with E-state index in [1.54, 1.807) is 0 Å². The van der Waals surface area contributed by atoms with Gasteiger partial charge < -0.3 is 15.0 Å². The summed E-state index contributed by atoms with van der Waals surface area (Å²) in [5.74, 6) is 0.522. The summed E-state index contributed by atoms with van der Waals surface area (Å²) >= 11 is 3.48. The molecule has 5 heteroatoms. The quantitative estimate of drug-likeness (QED) is 0.743. The highest BCUT2D eigenvalue weighted by molar-refractivity contribution is 9.10. The van der Waals surface area contributed by atoms with E-state index in [0.29, 0.717) is 12.5 Å². The Morgan fingerprint density at radius 2 is 2.04 bits per heavy atom. The molecule has 0 bridgehead atoms. The number of hydrogen-bond acceptors (Lipinski definition) is 3. The monoisotopic (exact) mass is 410 g/mol. The van der Waals surface area contributed by atoms with E-state index >= 15 is 0 Å². The van der Waals surface area contributed by atoms with E-state index in [4.69, 9.17) is 4.74 Å². The number of carbonyl (C=O) groups is 1. The van der Waals surface area contributed by atoms with Crippen LogP contribution in [-0.4, -0.2) is 42.8 Å². The molecule has 140 valence electrons. The number of nitrogens with one attached hydrogen (secondary N) is 1. The minimum atomic E-state index is -0.435. The van der Waals surface area contributed by atoms with Gasteiger partial charge in [0.15, 0.2) is 0 Å². The summed E-state index contributed by atoms with van der Waals surface area (Å²) in [5, 5.41) is 2.92. The van der Waals surface area contributed by atoms with Gasteiger partial charge in [0, 0.05) is 17.6 Å². The number of benzene rings is 1. The number of ether oxygens (including phenoxy) is 1. The Labute approximate surface area is 160 Å². The normalized spacial score (nSPS) is 18.8. The van der Waals surface area contributed by atoms with Crippen molar-refractivity contribution in [2.24, 2.45) is 5.92 Å². The van der Waals surface area contributed by atoms with E-state index < -0.39 is 5.60 Å². The first-order valence-corrected chi connectivity index (χ1v) is 10.0. The Balaban J connectivity index is 1.66. The minimum Gasteiger partial charge on any atom is -0.444 e. The van der Waals surface area contributed by atoms with Crippen LogP contribution in [0.15, 0.2) is 28.7 Å². The average molecular weight is 411 g/mol. The summed E-state index contributed by atoms with van der Waals surface area (Å²) in [5.41, 5.74) is 0.957. The molecule has 0 spiro atoms. The van der Waals surface area contributed by atoms with Crippen LogP contribution in [0.25, 0.3) is 0 Å². The molecule has 25 heavy (non-hydrogen) atoms. The Morgan fingerprint density at radius 1 is 1.32 bits per heavy atom. The fourth-order valence-corrected chi connectivity index (χ4v) is 3.49. The molecule has 2 rings (SSSR count). The summed E-state index contributed by atoms with van der Waals surface area (Å²) in [7, 11) is 0. The fraction of sp³-hybridized carbons (Fsp3) is 0.650. The van der Waals surface area contributed by atoms with Gasteiger partial charge in [-0.3, -0.25) is 0 Å². The molecule has 1 N–H and O–H groups in total. The zero-order chi connectivity index (χ0) is 18.3. The number of piperidine rings is 1. The van der Waals surface area contributed by atoms with Crippen LogP contribution in [0.1, 0.15) is 45.6 Å². The lowest BCUT2D eigenvalue weighted by Crippen LogP contribution is -2.42. The molecule has 1 amide bonds. The van der Waals surface area contributed by atoms with Crippen molar-refractivity contribution in [3.05, 3.63) is 34.3 Å². The summed E-state index contributed by atoms with van der Waals surface area (Å²) in [6, 6.07) is 8.59. The lowest BCUT2D eigenvalue weighted by molar-refractivity contribution is 0.0507. The highest BCUT2D eigenvalue weighted by Crippen LogP contribution is 2.17. The van der Waals surface area contributed by atoms with Gasteiger partial charge in [-0.1, -0.05) is 28.1 Å². The molecule has 1 fully saturated rings. The van der Waals surface area contributed by atoms with Gasteiger partial charge in [0.05, 0.1) is 0 Å². The zero-order valence-electron chi connectivity index (χ0n) is 15.7. The number of nitrogens with zero attached hydrogens (tertiary/aromatic N) is 1. The summed E-state index contributed by atoms with van der Waals surface area (Å²) in [6.07, 6.45) is 4.37. The molecule has 1 saturated heterocycles. The molecule has 1 unspecified atom stereocenters. The van der Waals surface area contributed by atoms with Gasteiger partial charge in [0.2, 0.25) is 0 Å². The van der Waals surface area contributed by atoms with Crippen LogP contribution in [0.2, 0.25) is 0 Å². The molecule has 1 aromatic rings. The number of hydrogen-bond donors (Lipinski definition) is 1. The van der Waals surface area contributed by atoms with Crippen LogP contribution in [0.3, 0.4) is 0 Å². The maximum absolute atomic E-state index is 11.8. The van der Waals surface area contributed by atoms with Crippen molar-refractivity contribution in [3.63, 3.8) is 0 Å². The number of amides is 1. The first-order chi connectivity index (χ1) is 11.8. The van der Waals surface area contributed by atoms with Crippen LogP contribution in [0, 0.1) is 5.92 Å². The van der Waals surface area contributed by atoms with Crippen LogP contribution in [-0.2, 0) is 11.2 Å². The average Bonchev–Trinajstić information content (AvgIpc) is 2.54. The van der Waals surface area contributed by atoms with Gasteiger partial charge in [0.25, 0.3) is 0 Å². The van der Waals surface area contributed by atoms with Crippen LogP contribution >= 0.6 is 15.9 Å². The van der Waals surface area contributed by atoms with E-state index in [-0.39, 0.29) is 6.09 Å². The fourth-order valence-electron chi connectivity index (χ4n) is 3.22. The van der Waals surface area contributed by atoms with Crippen LogP contribution in [0.4, 0.5) is 4.79 Å². The second-order valence-corrected chi connectivity index (χ2v) is 8.84. The predicted molar refractivity (Wildman–Crippen MR) is 106 cm³/mol. The predicted octanol–water partition coefficient (Wildman–Crippen LogP) is 4.62. The number of aryl methyl sites for hydroxylation is 1. The second-order valence-electron chi connectivity index (χ2n) is 7.92. The van der Waals surface area contributed by atoms with Gasteiger partial charge in [0.1, 0.15) is 5.60 Å². The molecule has 0 aromatic heterocycles. The Kier molecular flexibility index (Phi) is 7.76.